The fourth-order valence-electron chi connectivity index (χ4n) is 2.74. The van der Waals surface area contributed by atoms with Crippen molar-refractivity contribution in [2.45, 2.75) is 26.4 Å². The predicted octanol–water partition coefficient (Wildman–Crippen LogP) is 1.50. The second kappa shape index (κ2) is 9.15. The standard InChI is InChI=1S/C21H27N3O2/c1-16-10-12-19(13-11-16)22-20(25)15-24(4)21(26)17(2)23(3)14-18-8-6-5-7-9-18/h5-13,17H,14-15H2,1-4H3,(H,22,25)/p+1/t17-/m0/s1. The molecule has 0 aliphatic rings. The molecule has 2 aromatic carbocycles. The van der Waals surface area contributed by atoms with Crippen molar-refractivity contribution in [3.05, 3.63) is 65.7 Å². The van der Waals surface area contributed by atoms with Gasteiger partial charge < -0.3 is 15.1 Å². The zero-order valence-electron chi connectivity index (χ0n) is 16.0. The lowest BCUT2D eigenvalue weighted by Gasteiger charge is -2.25. The third-order valence-electron chi connectivity index (χ3n) is 4.53. The first-order valence-corrected chi connectivity index (χ1v) is 8.84. The van der Waals surface area contributed by atoms with Crippen molar-refractivity contribution >= 4 is 17.5 Å². The fraction of sp³-hybridized carbons (Fsp3) is 0.333. The Labute approximate surface area is 155 Å². The van der Waals surface area contributed by atoms with E-state index in [4.69, 9.17) is 0 Å². The van der Waals surface area contributed by atoms with E-state index < -0.39 is 0 Å². The molecule has 2 rings (SSSR count). The van der Waals surface area contributed by atoms with Gasteiger partial charge in [0.2, 0.25) is 5.91 Å². The number of aryl methyl sites for hydroxylation is 1. The smallest absolute Gasteiger partial charge is 0.280 e. The Bertz CT molecular complexity index is 729. The lowest BCUT2D eigenvalue weighted by Crippen LogP contribution is -3.12. The highest BCUT2D eigenvalue weighted by Crippen LogP contribution is 2.08. The molecule has 0 heterocycles. The molecule has 26 heavy (non-hydrogen) atoms. The molecule has 5 nitrogen and oxygen atoms in total. The maximum Gasteiger partial charge on any atom is 0.280 e. The third kappa shape index (κ3) is 5.70. The second-order valence-electron chi connectivity index (χ2n) is 6.84. The minimum atomic E-state index is -0.229. The number of hydrogen-bond donors (Lipinski definition) is 2. The van der Waals surface area contributed by atoms with Gasteiger partial charge in [-0.05, 0) is 26.0 Å². The summed E-state index contributed by atoms with van der Waals surface area (Å²) in [5, 5.41) is 2.82. The van der Waals surface area contributed by atoms with E-state index in [2.05, 4.69) is 17.4 Å². The minimum Gasteiger partial charge on any atom is -0.331 e. The molecule has 2 N–H and O–H groups in total. The number of carbonyl (C=O) groups excluding carboxylic acids is 2. The molecule has 0 aliphatic heterocycles. The van der Waals surface area contributed by atoms with E-state index >= 15 is 0 Å². The minimum absolute atomic E-state index is 0.0374. The Balaban J connectivity index is 1.86. The Morgan fingerprint density at radius 2 is 1.69 bits per heavy atom. The van der Waals surface area contributed by atoms with E-state index in [0.717, 1.165) is 22.7 Å². The Morgan fingerprint density at radius 3 is 2.31 bits per heavy atom. The van der Waals surface area contributed by atoms with Crippen LogP contribution in [-0.2, 0) is 16.1 Å². The zero-order chi connectivity index (χ0) is 19.1. The van der Waals surface area contributed by atoms with Crippen LogP contribution in [0.25, 0.3) is 0 Å². The first-order valence-electron chi connectivity index (χ1n) is 8.84. The molecule has 138 valence electrons. The summed E-state index contributed by atoms with van der Waals surface area (Å²) in [5.41, 5.74) is 3.05. The average Bonchev–Trinajstić information content (AvgIpc) is 2.63. The zero-order valence-corrected chi connectivity index (χ0v) is 16.0. The molecule has 0 aliphatic carbocycles. The van der Waals surface area contributed by atoms with Crippen molar-refractivity contribution in [3.8, 4) is 0 Å². The number of hydrogen-bond acceptors (Lipinski definition) is 2. The van der Waals surface area contributed by atoms with Crippen LogP contribution in [0.4, 0.5) is 5.69 Å². The summed E-state index contributed by atoms with van der Waals surface area (Å²) in [6.07, 6.45) is 0. The second-order valence-corrected chi connectivity index (χ2v) is 6.84. The molecule has 1 unspecified atom stereocenters. The number of carbonyl (C=O) groups is 2. The third-order valence-corrected chi connectivity index (χ3v) is 4.53. The van der Waals surface area contributed by atoms with Crippen LogP contribution in [0.5, 0.6) is 0 Å². The van der Waals surface area contributed by atoms with Gasteiger partial charge >= 0.3 is 0 Å². The first kappa shape index (κ1) is 19.7. The molecule has 5 heteroatoms. The summed E-state index contributed by atoms with van der Waals surface area (Å²) >= 11 is 0. The number of likely N-dealkylation sites (N-methyl/N-ethyl adjacent to an activating group) is 2. The van der Waals surface area contributed by atoms with Crippen LogP contribution in [0.1, 0.15) is 18.1 Å². The molecule has 2 aromatic rings. The van der Waals surface area contributed by atoms with Crippen molar-refractivity contribution in [1.82, 2.24) is 4.90 Å². The topological polar surface area (TPSA) is 53.9 Å². The fourth-order valence-corrected chi connectivity index (χ4v) is 2.74. The molecule has 0 saturated heterocycles. The van der Waals surface area contributed by atoms with Crippen molar-refractivity contribution in [1.29, 1.82) is 0 Å². The highest BCUT2D eigenvalue weighted by Gasteiger charge is 2.26. The molecule has 2 atom stereocenters. The SMILES string of the molecule is Cc1ccc(NC(=O)CN(C)C(=O)[C@H](C)[NH+](C)Cc2ccccc2)cc1. The van der Waals surface area contributed by atoms with E-state index in [1.165, 1.54) is 10.5 Å². The van der Waals surface area contributed by atoms with E-state index in [1.807, 2.05) is 63.4 Å². The van der Waals surface area contributed by atoms with E-state index in [1.54, 1.807) is 7.05 Å². The van der Waals surface area contributed by atoms with Gasteiger partial charge in [-0.15, -0.1) is 0 Å². The average molecular weight is 354 g/mol. The van der Waals surface area contributed by atoms with Gasteiger partial charge in [0.05, 0.1) is 13.6 Å². The van der Waals surface area contributed by atoms with E-state index in [-0.39, 0.29) is 24.4 Å². The van der Waals surface area contributed by atoms with Crippen LogP contribution in [0, 0.1) is 6.92 Å². The Morgan fingerprint density at radius 1 is 1.08 bits per heavy atom. The number of benzene rings is 2. The molecule has 0 radical (unpaired) electrons. The summed E-state index contributed by atoms with van der Waals surface area (Å²) in [6.45, 7) is 4.69. The molecular formula is C21H28N3O2+. The summed E-state index contributed by atoms with van der Waals surface area (Å²) in [4.78, 5) is 27.4. The molecule has 0 fully saturated rings. The number of quaternary nitrogens is 1. The lowest BCUT2D eigenvalue weighted by molar-refractivity contribution is -0.908. The number of amides is 2. The molecule has 0 spiro atoms. The summed E-state index contributed by atoms with van der Waals surface area (Å²) in [7, 11) is 3.67. The van der Waals surface area contributed by atoms with Crippen LogP contribution in [0.2, 0.25) is 0 Å². The van der Waals surface area contributed by atoms with Crippen molar-refractivity contribution in [3.63, 3.8) is 0 Å². The normalized spacial score (nSPS) is 12.9. The van der Waals surface area contributed by atoms with Gasteiger partial charge in [0.15, 0.2) is 6.04 Å². The highest BCUT2D eigenvalue weighted by molar-refractivity contribution is 5.94. The lowest BCUT2D eigenvalue weighted by atomic mass is 10.2. The molecular weight excluding hydrogens is 326 g/mol. The van der Waals surface area contributed by atoms with Gasteiger partial charge in [0.1, 0.15) is 6.54 Å². The molecule has 0 saturated carbocycles. The largest absolute Gasteiger partial charge is 0.331 e. The summed E-state index contributed by atoms with van der Waals surface area (Å²) < 4.78 is 0. The van der Waals surface area contributed by atoms with Gasteiger partial charge in [0, 0.05) is 18.3 Å². The Hall–Kier alpha value is -2.66. The van der Waals surface area contributed by atoms with E-state index in [0.29, 0.717) is 0 Å². The van der Waals surface area contributed by atoms with Crippen LogP contribution in [0.3, 0.4) is 0 Å². The predicted molar refractivity (Wildman–Crippen MR) is 104 cm³/mol. The van der Waals surface area contributed by atoms with Gasteiger partial charge in [-0.3, -0.25) is 9.59 Å². The number of anilines is 1. The van der Waals surface area contributed by atoms with Crippen molar-refractivity contribution in [2.24, 2.45) is 0 Å². The first-order chi connectivity index (χ1) is 12.4. The van der Waals surface area contributed by atoms with Crippen molar-refractivity contribution < 1.29 is 14.5 Å². The van der Waals surface area contributed by atoms with Gasteiger partial charge in [-0.25, -0.2) is 0 Å². The molecule has 2 amide bonds. The molecule has 0 aromatic heterocycles. The molecule has 0 bridgehead atoms. The van der Waals surface area contributed by atoms with Crippen LogP contribution in [-0.4, -0.2) is 43.4 Å². The van der Waals surface area contributed by atoms with Gasteiger partial charge in [-0.1, -0.05) is 48.0 Å². The maximum absolute atomic E-state index is 12.6. The maximum atomic E-state index is 12.6. The highest BCUT2D eigenvalue weighted by atomic mass is 16.2. The van der Waals surface area contributed by atoms with Crippen LogP contribution in [0.15, 0.2) is 54.6 Å². The van der Waals surface area contributed by atoms with Gasteiger partial charge in [-0.2, -0.15) is 0 Å². The van der Waals surface area contributed by atoms with Gasteiger partial charge in [0.25, 0.3) is 5.91 Å². The van der Waals surface area contributed by atoms with Crippen LogP contribution < -0.4 is 10.2 Å². The van der Waals surface area contributed by atoms with Crippen molar-refractivity contribution in [2.75, 3.05) is 26.0 Å². The quantitative estimate of drug-likeness (QED) is 0.792. The van der Waals surface area contributed by atoms with Crippen LogP contribution >= 0.6 is 0 Å². The number of nitrogens with zero attached hydrogens (tertiary/aromatic N) is 1. The summed E-state index contributed by atoms with van der Waals surface area (Å²) in [6, 6.07) is 17.4. The number of rotatable bonds is 7. The Kier molecular flexibility index (Phi) is 6.92. The summed E-state index contributed by atoms with van der Waals surface area (Å²) in [5.74, 6) is -0.241. The van der Waals surface area contributed by atoms with E-state index in [9.17, 15) is 9.59 Å². The number of nitrogens with one attached hydrogen (secondary N) is 2. The monoisotopic (exact) mass is 354 g/mol.